The summed E-state index contributed by atoms with van der Waals surface area (Å²) in [6.07, 6.45) is 0. The lowest BCUT2D eigenvalue weighted by atomic mass is 10.1. The molecule has 0 heterocycles. The fourth-order valence-electron chi connectivity index (χ4n) is 2.74. The monoisotopic (exact) mass is 363 g/mol. The van der Waals surface area contributed by atoms with E-state index in [0.29, 0.717) is 28.1 Å². The third-order valence-corrected chi connectivity index (χ3v) is 5.66. The molecule has 2 aromatic carbocycles. The minimum absolute atomic E-state index is 0.0229. The van der Waals surface area contributed by atoms with Crippen molar-refractivity contribution in [2.24, 2.45) is 0 Å². The summed E-state index contributed by atoms with van der Waals surface area (Å²) in [5.41, 5.74) is 2.42. The number of carbonyl (C=O) groups is 1. The third kappa shape index (κ3) is 3.76. The summed E-state index contributed by atoms with van der Waals surface area (Å²) in [5.74, 6) is -0.660. The summed E-state index contributed by atoms with van der Waals surface area (Å²) in [4.78, 5) is 11.3. The second kappa shape index (κ2) is 7.14. The number of hydrogen-bond donors (Lipinski definition) is 1. The molecule has 7 heteroatoms. The number of para-hydroxylation sites is 1. The molecule has 134 valence electrons. The molecule has 2 aromatic rings. The van der Waals surface area contributed by atoms with Gasteiger partial charge in [0, 0.05) is 0 Å². The number of ether oxygens (including phenoxy) is 1. The number of carboxylic acids is 1. The van der Waals surface area contributed by atoms with E-state index >= 15 is 0 Å². The van der Waals surface area contributed by atoms with E-state index in [-0.39, 0.29) is 4.90 Å². The molecule has 0 fully saturated rings. The fraction of sp³-hybridized carbons (Fsp3) is 0.278. The van der Waals surface area contributed by atoms with Crippen LogP contribution in [0.1, 0.15) is 16.7 Å². The molecular formula is C18H21NO5S. The number of rotatable bonds is 6. The first-order valence-electron chi connectivity index (χ1n) is 7.64. The molecule has 0 aliphatic rings. The second-order valence-electron chi connectivity index (χ2n) is 5.78. The van der Waals surface area contributed by atoms with Crippen LogP contribution < -0.4 is 9.04 Å². The average molecular weight is 363 g/mol. The van der Waals surface area contributed by atoms with Crippen LogP contribution in [0.3, 0.4) is 0 Å². The van der Waals surface area contributed by atoms with Gasteiger partial charge in [-0.2, -0.15) is 0 Å². The van der Waals surface area contributed by atoms with Gasteiger partial charge in [0.2, 0.25) is 0 Å². The summed E-state index contributed by atoms with van der Waals surface area (Å²) in [5, 5.41) is 9.25. The van der Waals surface area contributed by atoms with Gasteiger partial charge in [0.15, 0.2) is 0 Å². The van der Waals surface area contributed by atoms with Crippen LogP contribution in [0.5, 0.6) is 5.75 Å². The molecule has 0 atom stereocenters. The van der Waals surface area contributed by atoms with Crippen molar-refractivity contribution in [1.29, 1.82) is 0 Å². The standard InChI is InChI=1S/C18H21NO5S/c1-12-6-5-7-13(2)18(12)19(11-17(20)21)25(22,23)15-8-9-16(24-4)14(3)10-15/h5-10H,11H2,1-4H3,(H,20,21). The number of sulfonamides is 1. The van der Waals surface area contributed by atoms with Gasteiger partial charge in [-0.3, -0.25) is 9.10 Å². The molecule has 0 aliphatic carbocycles. The Morgan fingerprint density at radius 1 is 1.08 bits per heavy atom. The number of hydrogen-bond acceptors (Lipinski definition) is 4. The van der Waals surface area contributed by atoms with E-state index in [4.69, 9.17) is 4.74 Å². The molecule has 0 spiro atoms. The Morgan fingerprint density at radius 3 is 2.16 bits per heavy atom. The van der Waals surface area contributed by atoms with E-state index < -0.39 is 22.5 Å². The molecular weight excluding hydrogens is 342 g/mol. The Kier molecular flexibility index (Phi) is 5.37. The number of methoxy groups -OCH3 is 1. The Balaban J connectivity index is 2.65. The Hall–Kier alpha value is -2.54. The molecule has 0 aromatic heterocycles. The summed E-state index contributed by atoms with van der Waals surface area (Å²) >= 11 is 0. The number of carboxylic acid groups (broad SMARTS) is 1. The van der Waals surface area contributed by atoms with Gasteiger partial charge in [0.1, 0.15) is 12.3 Å². The number of benzene rings is 2. The molecule has 6 nitrogen and oxygen atoms in total. The normalized spacial score (nSPS) is 11.2. The third-order valence-electron chi connectivity index (χ3n) is 3.92. The van der Waals surface area contributed by atoms with Gasteiger partial charge in [-0.1, -0.05) is 18.2 Å². The highest BCUT2D eigenvalue weighted by molar-refractivity contribution is 7.92. The molecule has 0 saturated heterocycles. The van der Waals surface area contributed by atoms with Gasteiger partial charge in [-0.25, -0.2) is 8.42 Å². The molecule has 0 unspecified atom stereocenters. The Bertz CT molecular complexity index is 885. The summed E-state index contributed by atoms with van der Waals surface area (Å²) in [6, 6.07) is 9.78. The molecule has 25 heavy (non-hydrogen) atoms. The van der Waals surface area contributed by atoms with E-state index in [0.717, 1.165) is 4.31 Å². The average Bonchev–Trinajstić information content (AvgIpc) is 2.53. The number of anilines is 1. The van der Waals surface area contributed by atoms with Crippen LogP contribution >= 0.6 is 0 Å². The maximum Gasteiger partial charge on any atom is 0.324 e. The zero-order valence-corrected chi connectivity index (χ0v) is 15.4. The SMILES string of the molecule is COc1ccc(S(=O)(=O)N(CC(=O)O)c2c(C)cccc2C)cc1C. The molecule has 0 amide bonds. The predicted molar refractivity (Wildman–Crippen MR) is 95.8 cm³/mol. The summed E-state index contributed by atoms with van der Waals surface area (Å²) in [7, 11) is -2.54. The highest BCUT2D eigenvalue weighted by Crippen LogP contribution is 2.31. The number of nitrogens with zero attached hydrogens (tertiary/aromatic N) is 1. The van der Waals surface area contributed by atoms with Gasteiger partial charge < -0.3 is 9.84 Å². The quantitative estimate of drug-likeness (QED) is 0.853. The van der Waals surface area contributed by atoms with Crippen molar-refractivity contribution in [2.45, 2.75) is 25.7 Å². The number of aryl methyl sites for hydroxylation is 3. The van der Waals surface area contributed by atoms with Crippen LogP contribution in [0.2, 0.25) is 0 Å². The Morgan fingerprint density at radius 2 is 1.68 bits per heavy atom. The van der Waals surface area contributed by atoms with Crippen LogP contribution in [0.15, 0.2) is 41.3 Å². The summed E-state index contributed by atoms with van der Waals surface area (Å²) < 4.78 is 32.4. The van der Waals surface area contributed by atoms with Gasteiger partial charge in [0.25, 0.3) is 10.0 Å². The first-order chi connectivity index (χ1) is 11.7. The fourth-order valence-corrected chi connectivity index (χ4v) is 4.37. The minimum Gasteiger partial charge on any atom is -0.496 e. The van der Waals surface area contributed by atoms with Crippen molar-refractivity contribution in [3.8, 4) is 5.75 Å². The first kappa shape index (κ1) is 18.8. The van der Waals surface area contributed by atoms with E-state index in [1.165, 1.54) is 19.2 Å². The van der Waals surface area contributed by atoms with Crippen molar-refractivity contribution >= 4 is 21.7 Å². The van der Waals surface area contributed by atoms with Gasteiger partial charge >= 0.3 is 5.97 Å². The number of aliphatic carboxylic acids is 1. The van der Waals surface area contributed by atoms with Gasteiger partial charge in [-0.05, 0) is 55.7 Å². The molecule has 0 aliphatic heterocycles. The van der Waals surface area contributed by atoms with Crippen LogP contribution in [0.4, 0.5) is 5.69 Å². The lowest BCUT2D eigenvalue weighted by Crippen LogP contribution is -2.36. The lowest BCUT2D eigenvalue weighted by molar-refractivity contribution is -0.135. The highest BCUT2D eigenvalue weighted by atomic mass is 32.2. The van der Waals surface area contributed by atoms with E-state index in [9.17, 15) is 18.3 Å². The largest absolute Gasteiger partial charge is 0.496 e. The van der Waals surface area contributed by atoms with E-state index in [1.54, 1.807) is 45.0 Å². The maximum absolute atomic E-state index is 13.1. The van der Waals surface area contributed by atoms with Crippen molar-refractivity contribution in [3.05, 3.63) is 53.1 Å². The van der Waals surface area contributed by atoms with Crippen molar-refractivity contribution in [1.82, 2.24) is 0 Å². The topological polar surface area (TPSA) is 83.9 Å². The second-order valence-corrected chi connectivity index (χ2v) is 7.64. The van der Waals surface area contributed by atoms with Gasteiger partial charge in [-0.15, -0.1) is 0 Å². The maximum atomic E-state index is 13.1. The molecule has 0 saturated carbocycles. The van der Waals surface area contributed by atoms with Crippen LogP contribution in [-0.4, -0.2) is 33.1 Å². The molecule has 0 bridgehead atoms. The van der Waals surface area contributed by atoms with Crippen LogP contribution in [-0.2, 0) is 14.8 Å². The van der Waals surface area contributed by atoms with Crippen molar-refractivity contribution in [2.75, 3.05) is 18.0 Å². The van der Waals surface area contributed by atoms with E-state index in [2.05, 4.69) is 0 Å². The molecule has 1 N–H and O–H groups in total. The molecule has 2 rings (SSSR count). The van der Waals surface area contributed by atoms with Crippen molar-refractivity contribution < 1.29 is 23.1 Å². The van der Waals surface area contributed by atoms with E-state index in [1.807, 2.05) is 0 Å². The molecule has 0 radical (unpaired) electrons. The van der Waals surface area contributed by atoms with Crippen LogP contribution in [0, 0.1) is 20.8 Å². The lowest BCUT2D eigenvalue weighted by Gasteiger charge is -2.26. The van der Waals surface area contributed by atoms with Crippen LogP contribution in [0.25, 0.3) is 0 Å². The zero-order chi connectivity index (χ0) is 18.8. The smallest absolute Gasteiger partial charge is 0.324 e. The van der Waals surface area contributed by atoms with Crippen molar-refractivity contribution in [3.63, 3.8) is 0 Å². The highest BCUT2D eigenvalue weighted by Gasteiger charge is 2.29. The zero-order valence-electron chi connectivity index (χ0n) is 14.6. The predicted octanol–water partition coefficient (Wildman–Crippen LogP) is 2.90. The Labute approximate surface area is 147 Å². The minimum atomic E-state index is -4.04. The van der Waals surface area contributed by atoms with Gasteiger partial charge in [0.05, 0.1) is 17.7 Å². The first-order valence-corrected chi connectivity index (χ1v) is 9.08. The summed E-state index contributed by atoms with van der Waals surface area (Å²) in [6.45, 7) is 4.59.